The van der Waals surface area contributed by atoms with Crippen LogP contribution in [0.4, 0.5) is 9.80 Å². The highest BCUT2D eigenvalue weighted by atomic mass is 32.1. The molecule has 1 aromatic carbocycles. The Morgan fingerprint density at radius 3 is 2.95 bits per heavy atom. The Bertz CT molecular complexity index is 704. The van der Waals surface area contributed by atoms with E-state index in [1.54, 1.807) is 24.3 Å². The molecule has 1 amide bonds. The molecule has 3 rings (SSSR count). The van der Waals surface area contributed by atoms with Gasteiger partial charge in [0, 0.05) is 11.4 Å². The summed E-state index contributed by atoms with van der Waals surface area (Å²) < 4.78 is 5.18. The van der Waals surface area contributed by atoms with E-state index < -0.39 is 6.09 Å². The van der Waals surface area contributed by atoms with Gasteiger partial charge in [-0.05, 0) is 30.7 Å². The molecular weight excluding hydrogens is 286 g/mol. The SMILES string of the molecule is N#Cc1c(NC(=O)Oc2ccccc2)sc2c1CCNC2. The Morgan fingerprint density at radius 2 is 2.19 bits per heavy atom. The molecule has 0 bridgehead atoms. The molecule has 0 saturated heterocycles. The first-order chi connectivity index (χ1) is 10.3. The van der Waals surface area contributed by atoms with Crippen LogP contribution < -0.4 is 15.4 Å². The Balaban J connectivity index is 1.77. The maximum Gasteiger partial charge on any atom is 0.417 e. The molecule has 5 nitrogen and oxygen atoms in total. The van der Waals surface area contributed by atoms with Crippen molar-refractivity contribution in [1.82, 2.24) is 5.32 Å². The molecule has 6 heteroatoms. The van der Waals surface area contributed by atoms with E-state index in [0.717, 1.165) is 30.0 Å². The van der Waals surface area contributed by atoms with Gasteiger partial charge >= 0.3 is 6.09 Å². The van der Waals surface area contributed by atoms with Crippen molar-refractivity contribution in [2.45, 2.75) is 13.0 Å². The highest BCUT2D eigenvalue weighted by molar-refractivity contribution is 7.16. The fourth-order valence-corrected chi connectivity index (χ4v) is 3.41. The first-order valence-electron chi connectivity index (χ1n) is 6.57. The van der Waals surface area contributed by atoms with E-state index in [1.165, 1.54) is 11.3 Å². The van der Waals surface area contributed by atoms with Crippen LogP contribution in [0, 0.1) is 11.3 Å². The van der Waals surface area contributed by atoms with Crippen molar-refractivity contribution < 1.29 is 9.53 Å². The number of benzene rings is 1. The molecular formula is C15H13N3O2S. The van der Waals surface area contributed by atoms with E-state index in [2.05, 4.69) is 16.7 Å². The summed E-state index contributed by atoms with van der Waals surface area (Å²) in [6.45, 7) is 1.59. The van der Waals surface area contributed by atoms with Gasteiger partial charge in [0.25, 0.3) is 0 Å². The first-order valence-corrected chi connectivity index (χ1v) is 7.39. The molecule has 0 spiro atoms. The van der Waals surface area contributed by atoms with E-state index in [1.807, 2.05) is 6.07 Å². The Hall–Kier alpha value is -2.36. The van der Waals surface area contributed by atoms with Gasteiger partial charge in [-0.15, -0.1) is 11.3 Å². The Kier molecular flexibility index (Phi) is 3.86. The van der Waals surface area contributed by atoms with Crippen LogP contribution in [-0.2, 0) is 13.0 Å². The topological polar surface area (TPSA) is 74.2 Å². The summed E-state index contributed by atoms with van der Waals surface area (Å²) in [5.74, 6) is 0.469. The summed E-state index contributed by atoms with van der Waals surface area (Å²) in [7, 11) is 0. The molecule has 1 aromatic heterocycles. The molecule has 2 N–H and O–H groups in total. The van der Waals surface area contributed by atoms with Crippen LogP contribution in [-0.4, -0.2) is 12.6 Å². The van der Waals surface area contributed by atoms with Crippen molar-refractivity contribution in [3.05, 3.63) is 46.3 Å². The van der Waals surface area contributed by atoms with Gasteiger partial charge in [-0.3, -0.25) is 5.32 Å². The van der Waals surface area contributed by atoms with Crippen molar-refractivity contribution in [3.8, 4) is 11.8 Å². The third-order valence-electron chi connectivity index (χ3n) is 3.21. The number of carbonyl (C=O) groups is 1. The van der Waals surface area contributed by atoms with Crippen LogP contribution in [0.5, 0.6) is 5.75 Å². The molecule has 0 unspecified atom stereocenters. The number of anilines is 1. The number of nitrogens with zero attached hydrogens (tertiary/aromatic N) is 1. The number of thiophene rings is 1. The minimum Gasteiger partial charge on any atom is -0.410 e. The molecule has 0 fully saturated rings. The molecule has 106 valence electrons. The van der Waals surface area contributed by atoms with Gasteiger partial charge in [-0.1, -0.05) is 18.2 Å². The van der Waals surface area contributed by atoms with Crippen LogP contribution >= 0.6 is 11.3 Å². The van der Waals surface area contributed by atoms with Crippen molar-refractivity contribution in [3.63, 3.8) is 0 Å². The third kappa shape index (κ3) is 2.89. The minimum absolute atomic E-state index is 0.469. The van der Waals surface area contributed by atoms with Crippen LogP contribution in [0.25, 0.3) is 0 Å². The number of ether oxygens (including phenoxy) is 1. The number of hydrogen-bond donors (Lipinski definition) is 2. The van der Waals surface area contributed by atoms with Crippen LogP contribution in [0.1, 0.15) is 16.0 Å². The Morgan fingerprint density at radius 1 is 1.38 bits per heavy atom. The lowest BCUT2D eigenvalue weighted by molar-refractivity contribution is 0.215. The quantitative estimate of drug-likeness (QED) is 0.894. The second-order valence-corrected chi connectivity index (χ2v) is 5.68. The zero-order valence-corrected chi connectivity index (χ0v) is 12.0. The second kappa shape index (κ2) is 5.95. The number of para-hydroxylation sites is 1. The fraction of sp³-hybridized carbons (Fsp3) is 0.200. The van der Waals surface area contributed by atoms with Crippen molar-refractivity contribution in [2.24, 2.45) is 0 Å². The normalized spacial score (nSPS) is 13.1. The van der Waals surface area contributed by atoms with E-state index in [9.17, 15) is 10.1 Å². The van der Waals surface area contributed by atoms with Crippen molar-refractivity contribution >= 4 is 22.4 Å². The van der Waals surface area contributed by atoms with Gasteiger partial charge in [0.05, 0.1) is 5.56 Å². The molecule has 1 aliphatic rings. The number of nitrogens with one attached hydrogen (secondary N) is 2. The molecule has 0 radical (unpaired) electrons. The first kappa shape index (κ1) is 13.6. The number of rotatable bonds is 2. The minimum atomic E-state index is -0.579. The molecule has 2 aromatic rings. The number of carbonyl (C=O) groups excluding carboxylic acids is 1. The zero-order valence-electron chi connectivity index (χ0n) is 11.2. The van der Waals surface area contributed by atoms with Crippen LogP contribution in [0.3, 0.4) is 0 Å². The average molecular weight is 299 g/mol. The zero-order chi connectivity index (χ0) is 14.7. The van der Waals surface area contributed by atoms with E-state index in [0.29, 0.717) is 16.3 Å². The van der Waals surface area contributed by atoms with Crippen LogP contribution in [0.2, 0.25) is 0 Å². The average Bonchev–Trinajstić information content (AvgIpc) is 2.85. The maximum absolute atomic E-state index is 11.9. The smallest absolute Gasteiger partial charge is 0.410 e. The van der Waals surface area contributed by atoms with Gasteiger partial charge in [-0.25, -0.2) is 4.79 Å². The van der Waals surface area contributed by atoms with E-state index in [4.69, 9.17) is 4.74 Å². The van der Waals surface area contributed by atoms with Gasteiger partial charge in [-0.2, -0.15) is 5.26 Å². The lowest BCUT2D eigenvalue weighted by atomic mass is 10.1. The molecule has 0 aliphatic carbocycles. The standard InChI is InChI=1S/C15H13N3O2S/c16-8-12-11-6-7-17-9-13(11)21-14(12)18-15(19)20-10-4-2-1-3-5-10/h1-5,17H,6-7,9H2,(H,18,19). The molecule has 21 heavy (non-hydrogen) atoms. The van der Waals surface area contributed by atoms with Gasteiger partial charge in [0.1, 0.15) is 16.8 Å². The van der Waals surface area contributed by atoms with Crippen LogP contribution in [0.15, 0.2) is 30.3 Å². The molecule has 1 aliphatic heterocycles. The summed E-state index contributed by atoms with van der Waals surface area (Å²) in [4.78, 5) is 13.0. The van der Waals surface area contributed by atoms with Gasteiger partial charge in [0.15, 0.2) is 0 Å². The van der Waals surface area contributed by atoms with E-state index >= 15 is 0 Å². The number of fused-ring (bicyclic) bond motifs is 1. The lowest BCUT2D eigenvalue weighted by Gasteiger charge is -2.11. The monoisotopic (exact) mass is 299 g/mol. The largest absolute Gasteiger partial charge is 0.417 e. The van der Waals surface area contributed by atoms with Crippen molar-refractivity contribution in [2.75, 3.05) is 11.9 Å². The highest BCUT2D eigenvalue weighted by Crippen LogP contribution is 2.34. The summed E-state index contributed by atoms with van der Waals surface area (Å²) in [5.41, 5.74) is 1.60. The number of nitriles is 1. The molecule has 2 heterocycles. The maximum atomic E-state index is 11.9. The summed E-state index contributed by atoms with van der Waals surface area (Å²) in [5, 5.41) is 15.8. The van der Waals surface area contributed by atoms with Gasteiger partial charge < -0.3 is 10.1 Å². The third-order valence-corrected chi connectivity index (χ3v) is 4.36. The van der Waals surface area contributed by atoms with Gasteiger partial charge in [0.2, 0.25) is 0 Å². The molecule has 0 atom stereocenters. The number of hydrogen-bond acceptors (Lipinski definition) is 5. The van der Waals surface area contributed by atoms with E-state index in [-0.39, 0.29) is 0 Å². The lowest BCUT2D eigenvalue weighted by Crippen LogP contribution is -2.22. The molecule has 0 saturated carbocycles. The summed E-state index contributed by atoms with van der Waals surface area (Å²) in [6.07, 6.45) is 0.230. The second-order valence-electron chi connectivity index (χ2n) is 4.57. The summed E-state index contributed by atoms with van der Waals surface area (Å²) >= 11 is 1.43. The Labute approximate surface area is 126 Å². The number of amides is 1. The predicted octanol–water partition coefficient (Wildman–Crippen LogP) is 2.88. The fourth-order valence-electron chi connectivity index (χ4n) is 2.25. The predicted molar refractivity (Wildman–Crippen MR) is 80.5 cm³/mol. The highest BCUT2D eigenvalue weighted by Gasteiger charge is 2.22. The van der Waals surface area contributed by atoms with Crippen molar-refractivity contribution in [1.29, 1.82) is 5.26 Å². The summed E-state index contributed by atoms with van der Waals surface area (Å²) in [6, 6.07) is 11.0.